The van der Waals surface area contributed by atoms with Crippen LogP contribution in [0, 0.1) is 0 Å². The topological polar surface area (TPSA) is 0 Å². The first-order valence-corrected chi connectivity index (χ1v) is 0. The van der Waals surface area contributed by atoms with Crippen LogP contribution in [0.2, 0.25) is 0 Å². The van der Waals surface area contributed by atoms with Gasteiger partial charge in [-0.3, -0.25) is 0 Å². The summed E-state index contributed by atoms with van der Waals surface area (Å²) < 4.78 is 0. The van der Waals surface area contributed by atoms with E-state index in [0.717, 1.165) is 0 Å². The molecule has 5 heavy (non-hydrogen) atoms. The minimum atomic E-state index is 0. The van der Waals surface area contributed by atoms with Crippen molar-refractivity contribution < 1.29 is 19.5 Å². The van der Waals surface area contributed by atoms with Gasteiger partial charge in [-0.2, -0.15) is 0 Å². The van der Waals surface area contributed by atoms with Gasteiger partial charge in [0.05, 0.1) is 8.41 Å². The van der Waals surface area contributed by atoms with Crippen LogP contribution < -0.4 is 0 Å². The first kappa shape index (κ1) is 54.3. The molecule has 0 aliphatic heterocycles. The van der Waals surface area contributed by atoms with Crippen LogP contribution in [0.25, 0.3) is 0 Å². The smallest absolute Gasteiger partial charge is 0 e. The molecule has 0 aromatic carbocycles. The Balaban J connectivity index is 0. The number of rotatable bonds is 0. The average molecular weight is 353 g/mol. The Morgan fingerprint density at radius 1 is 1.00 bits per heavy atom. The van der Waals surface area contributed by atoms with E-state index >= 15 is 0 Å². The molecule has 0 saturated carbocycles. The summed E-state index contributed by atoms with van der Waals surface area (Å²) in [5.41, 5.74) is 0. The largest absolute Gasteiger partial charge is 0.0149 e. The molecule has 0 radical (unpaired) electrons. The molecular weight excluding hydrogens is 340 g/mol. The monoisotopic (exact) mass is 352 g/mol. The van der Waals surface area contributed by atoms with E-state index in [-0.39, 0.29) is 82.4 Å². The van der Waals surface area contributed by atoms with Crippen LogP contribution in [0.3, 0.4) is 0 Å². The van der Waals surface area contributed by atoms with Crippen LogP contribution in [-0.4, -0.2) is 62.9 Å². The Morgan fingerprint density at radius 2 is 1.00 bits per heavy atom. The quantitative estimate of drug-likeness (QED) is 0.383. The maximum atomic E-state index is 0. The van der Waals surface area contributed by atoms with Gasteiger partial charge < -0.3 is 0 Å². The van der Waals surface area contributed by atoms with Crippen molar-refractivity contribution in [2.24, 2.45) is 0 Å². The van der Waals surface area contributed by atoms with E-state index < -0.39 is 0 Å². The van der Waals surface area contributed by atoms with E-state index in [0.29, 0.717) is 0 Å². The van der Waals surface area contributed by atoms with Gasteiger partial charge in [-0.05, 0) is 11.0 Å². The van der Waals surface area contributed by atoms with Crippen LogP contribution in [0.4, 0.5) is 0 Å². The summed E-state index contributed by atoms with van der Waals surface area (Å²) in [5, 5.41) is 0. The molecule has 0 spiro atoms. The Kier molecular flexibility index (Phi) is 361. The van der Waals surface area contributed by atoms with Crippen molar-refractivity contribution in [2.75, 3.05) is 0 Å². The third kappa shape index (κ3) is 21.9. The molecular formula is H13AlBBiSiZn. The molecule has 0 aliphatic carbocycles. The van der Waals surface area contributed by atoms with E-state index in [1.165, 1.54) is 0 Å². The standard InChI is InChI=1S/Al.BH3.Bi.H4Si.Zn.6H/h;1H3;;1H4;;;;;;;. The summed E-state index contributed by atoms with van der Waals surface area (Å²) in [7, 11) is 0. The molecule has 0 unspecified atom stereocenters. The molecule has 0 saturated heterocycles. The van der Waals surface area contributed by atoms with Crippen molar-refractivity contribution in [3.05, 3.63) is 0 Å². The van der Waals surface area contributed by atoms with Crippen molar-refractivity contribution in [1.82, 2.24) is 0 Å². The minimum absolute atomic E-state index is 0. The molecule has 5 heteroatoms. The van der Waals surface area contributed by atoms with Gasteiger partial charge in [-0.25, -0.2) is 0 Å². The zero-order valence-corrected chi connectivity index (χ0v) is 9.88. The normalized spacial score (nSPS) is 0. The van der Waals surface area contributed by atoms with Crippen molar-refractivity contribution in [1.29, 1.82) is 0 Å². The SMILES string of the molecule is B.[AlH3].[BiH3].[SiH4].[Zn]. The zero-order valence-electron chi connectivity index (χ0n) is 1.41. The van der Waals surface area contributed by atoms with Crippen molar-refractivity contribution >= 4 is 62.9 Å². The molecule has 0 N–H and O–H groups in total. The Morgan fingerprint density at radius 3 is 1.00 bits per heavy atom. The van der Waals surface area contributed by atoms with E-state index in [2.05, 4.69) is 0 Å². The fourth-order valence-corrected chi connectivity index (χ4v) is 0. The molecule has 0 fully saturated rings. The maximum Gasteiger partial charge on any atom is 0 e. The predicted octanol–water partition coefficient (Wildman–Crippen LogP) is -5.01. The van der Waals surface area contributed by atoms with Crippen LogP contribution in [0.15, 0.2) is 0 Å². The fourth-order valence-electron chi connectivity index (χ4n) is 0. The first-order chi connectivity index (χ1) is 0. The molecule has 0 aromatic rings. The first-order valence-electron chi connectivity index (χ1n) is 0. The summed E-state index contributed by atoms with van der Waals surface area (Å²) >= 11 is 0. The maximum absolute atomic E-state index is 0. The third-order valence-electron chi connectivity index (χ3n) is 0. The second-order valence-electron chi connectivity index (χ2n) is 0. The minimum Gasteiger partial charge on any atom is -0.0149 e. The van der Waals surface area contributed by atoms with Crippen LogP contribution in [-0.2, 0) is 19.5 Å². The summed E-state index contributed by atoms with van der Waals surface area (Å²) in [6, 6.07) is 0. The molecule has 0 rings (SSSR count). The van der Waals surface area contributed by atoms with Gasteiger partial charge in [0.25, 0.3) is 0 Å². The summed E-state index contributed by atoms with van der Waals surface area (Å²) in [6.45, 7) is 0. The molecule has 30 valence electrons. The van der Waals surface area contributed by atoms with Gasteiger partial charge in [0.1, 0.15) is 0 Å². The molecule has 0 heterocycles. The van der Waals surface area contributed by atoms with Gasteiger partial charge in [0.2, 0.25) is 0 Å². The van der Waals surface area contributed by atoms with Crippen LogP contribution >= 0.6 is 0 Å². The Hall–Kier alpha value is 2.32. The molecule has 0 aromatic heterocycles. The van der Waals surface area contributed by atoms with Gasteiger partial charge in [-0.15, -0.1) is 0 Å². The Labute approximate surface area is 81.5 Å². The van der Waals surface area contributed by atoms with Crippen LogP contribution in [0.1, 0.15) is 0 Å². The third-order valence-corrected chi connectivity index (χ3v) is 0. The molecule has 0 bridgehead atoms. The number of hydrogen-bond acceptors (Lipinski definition) is 0. The average Bonchev–Trinajstić information content (AvgIpc) is 0. The number of hydrogen-bond donors (Lipinski definition) is 0. The van der Waals surface area contributed by atoms with Crippen molar-refractivity contribution in [3.8, 4) is 0 Å². The van der Waals surface area contributed by atoms with Gasteiger partial charge >= 0.3 is 26.2 Å². The second kappa shape index (κ2) is 33.2. The van der Waals surface area contributed by atoms with Crippen molar-refractivity contribution in [2.45, 2.75) is 0 Å². The summed E-state index contributed by atoms with van der Waals surface area (Å²) in [5.74, 6) is 0. The van der Waals surface area contributed by atoms with E-state index in [9.17, 15) is 0 Å². The van der Waals surface area contributed by atoms with E-state index in [1.807, 2.05) is 0 Å². The van der Waals surface area contributed by atoms with Gasteiger partial charge in [0, 0.05) is 19.5 Å². The molecule has 0 aliphatic rings. The molecule has 0 atom stereocenters. The second-order valence-corrected chi connectivity index (χ2v) is 0. The van der Waals surface area contributed by atoms with Gasteiger partial charge in [-0.1, -0.05) is 0 Å². The summed E-state index contributed by atoms with van der Waals surface area (Å²) in [4.78, 5) is 0. The summed E-state index contributed by atoms with van der Waals surface area (Å²) in [6.07, 6.45) is 0. The predicted molar refractivity (Wildman–Crippen MR) is 41.2 cm³/mol. The van der Waals surface area contributed by atoms with E-state index in [4.69, 9.17) is 0 Å². The van der Waals surface area contributed by atoms with Crippen LogP contribution in [0.5, 0.6) is 0 Å². The molecule has 0 nitrogen and oxygen atoms in total. The van der Waals surface area contributed by atoms with Gasteiger partial charge in [0.15, 0.2) is 17.4 Å². The fraction of sp³-hybridized carbons (Fsp3) is 0. The van der Waals surface area contributed by atoms with E-state index in [1.54, 1.807) is 0 Å². The zero-order chi connectivity index (χ0) is 0. The van der Waals surface area contributed by atoms with Crippen molar-refractivity contribution in [3.63, 3.8) is 0 Å². The molecule has 0 amide bonds. The Bertz CT molecular complexity index is 11.6.